The van der Waals surface area contributed by atoms with Crippen molar-refractivity contribution in [2.24, 2.45) is 0 Å². The fourth-order valence-corrected chi connectivity index (χ4v) is 1.64. The Balaban J connectivity index is 2.24. The molecule has 18 heavy (non-hydrogen) atoms. The maximum Gasteiger partial charge on any atom is 0.119 e. The van der Waals surface area contributed by atoms with E-state index in [1.807, 2.05) is 32.2 Å². The molecule has 4 heteroatoms. The van der Waals surface area contributed by atoms with Gasteiger partial charge >= 0.3 is 0 Å². The van der Waals surface area contributed by atoms with Gasteiger partial charge in [-0.3, -0.25) is 0 Å². The fraction of sp³-hybridized carbons (Fsp3) is 0.571. The highest BCUT2D eigenvalue weighted by molar-refractivity contribution is 5.28. The Hall–Kier alpha value is -1.10. The van der Waals surface area contributed by atoms with Gasteiger partial charge in [-0.1, -0.05) is 12.1 Å². The van der Waals surface area contributed by atoms with Crippen molar-refractivity contribution in [3.63, 3.8) is 0 Å². The van der Waals surface area contributed by atoms with E-state index in [0.717, 1.165) is 12.3 Å². The van der Waals surface area contributed by atoms with E-state index < -0.39 is 0 Å². The average Bonchev–Trinajstić information content (AvgIpc) is 2.36. The molecule has 0 bridgehead atoms. The number of hydrogen-bond acceptors (Lipinski definition) is 4. The third-order valence-corrected chi connectivity index (χ3v) is 2.44. The molecule has 0 amide bonds. The van der Waals surface area contributed by atoms with Gasteiger partial charge in [0.15, 0.2) is 0 Å². The van der Waals surface area contributed by atoms with Gasteiger partial charge in [0, 0.05) is 13.7 Å². The Morgan fingerprint density at radius 2 is 2.11 bits per heavy atom. The van der Waals surface area contributed by atoms with Crippen LogP contribution in [0.5, 0.6) is 5.75 Å². The highest BCUT2D eigenvalue weighted by atomic mass is 16.5. The third-order valence-electron chi connectivity index (χ3n) is 2.44. The van der Waals surface area contributed by atoms with Crippen molar-refractivity contribution in [2.45, 2.75) is 19.6 Å². The van der Waals surface area contributed by atoms with Gasteiger partial charge in [-0.2, -0.15) is 0 Å². The molecule has 0 aromatic heterocycles. The summed E-state index contributed by atoms with van der Waals surface area (Å²) in [5, 5.41) is 3.11. The largest absolute Gasteiger partial charge is 0.491 e. The standard InChI is InChI=1S/C14H23NO3/c1-12(11-16-3)17-7-8-18-14-6-4-5-13(9-14)10-15-2/h4-6,9,12,15H,7-8,10-11H2,1-3H3. The first-order valence-electron chi connectivity index (χ1n) is 6.23. The second-order valence-electron chi connectivity index (χ2n) is 4.16. The van der Waals surface area contributed by atoms with Crippen molar-refractivity contribution >= 4 is 0 Å². The SMILES string of the molecule is CNCc1cccc(OCCOC(C)COC)c1. The second-order valence-corrected chi connectivity index (χ2v) is 4.16. The normalized spacial score (nSPS) is 12.4. The molecule has 1 rings (SSSR count). The molecule has 0 aliphatic rings. The maximum atomic E-state index is 5.63. The summed E-state index contributed by atoms with van der Waals surface area (Å²) in [6, 6.07) is 8.06. The molecule has 0 heterocycles. The van der Waals surface area contributed by atoms with Crippen LogP contribution in [-0.2, 0) is 16.0 Å². The first-order valence-corrected chi connectivity index (χ1v) is 6.23. The van der Waals surface area contributed by atoms with Crippen molar-refractivity contribution in [2.75, 3.05) is 34.0 Å². The number of ether oxygens (including phenoxy) is 3. The zero-order chi connectivity index (χ0) is 13.2. The van der Waals surface area contributed by atoms with Gasteiger partial charge in [0.1, 0.15) is 12.4 Å². The molecular formula is C14H23NO3. The van der Waals surface area contributed by atoms with E-state index in [2.05, 4.69) is 11.4 Å². The molecule has 0 aliphatic heterocycles. The van der Waals surface area contributed by atoms with Crippen molar-refractivity contribution in [1.29, 1.82) is 0 Å². The Bertz CT molecular complexity index is 331. The van der Waals surface area contributed by atoms with Crippen LogP contribution in [0.2, 0.25) is 0 Å². The molecule has 1 atom stereocenters. The molecule has 0 saturated carbocycles. The molecule has 0 saturated heterocycles. The lowest BCUT2D eigenvalue weighted by Crippen LogP contribution is -2.18. The number of rotatable bonds is 9. The van der Waals surface area contributed by atoms with Crippen LogP contribution in [0.4, 0.5) is 0 Å². The minimum atomic E-state index is 0.106. The lowest BCUT2D eigenvalue weighted by molar-refractivity contribution is -0.00215. The minimum absolute atomic E-state index is 0.106. The third kappa shape index (κ3) is 6.00. The number of methoxy groups -OCH3 is 1. The van der Waals surface area contributed by atoms with Crippen LogP contribution >= 0.6 is 0 Å². The molecule has 1 unspecified atom stereocenters. The topological polar surface area (TPSA) is 39.7 Å². The van der Waals surface area contributed by atoms with Crippen molar-refractivity contribution in [3.05, 3.63) is 29.8 Å². The zero-order valence-electron chi connectivity index (χ0n) is 11.4. The molecule has 1 N–H and O–H groups in total. The molecule has 0 radical (unpaired) electrons. The van der Waals surface area contributed by atoms with Crippen molar-refractivity contribution < 1.29 is 14.2 Å². The van der Waals surface area contributed by atoms with Crippen molar-refractivity contribution in [3.8, 4) is 5.75 Å². The van der Waals surface area contributed by atoms with E-state index in [4.69, 9.17) is 14.2 Å². The van der Waals surface area contributed by atoms with Crippen LogP contribution in [-0.4, -0.2) is 40.1 Å². The Labute approximate surface area is 109 Å². The Kier molecular flexibility index (Phi) is 7.41. The molecule has 102 valence electrons. The van der Waals surface area contributed by atoms with E-state index in [1.165, 1.54) is 5.56 Å². The van der Waals surface area contributed by atoms with E-state index in [1.54, 1.807) is 7.11 Å². The molecule has 4 nitrogen and oxygen atoms in total. The van der Waals surface area contributed by atoms with Gasteiger partial charge in [0.05, 0.1) is 19.3 Å². The smallest absolute Gasteiger partial charge is 0.119 e. The summed E-state index contributed by atoms with van der Waals surface area (Å²) in [5.41, 5.74) is 1.21. The molecule has 1 aromatic carbocycles. The summed E-state index contributed by atoms with van der Waals surface area (Å²) < 4.78 is 16.1. The number of benzene rings is 1. The van der Waals surface area contributed by atoms with Gasteiger partial charge < -0.3 is 19.5 Å². The predicted octanol–water partition coefficient (Wildman–Crippen LogP) is 1.84. The predicted molar refractivity (Wildman–Crippen MR) is 72.0 cm³/mol. The summed E-state index contributed by atoms with van der Waals surface area (Å²) in [4.78, 5) is 0. The van der Waals surface area contributed by atoms with Crippen LogP contribution in [0.25, 0.3) is 0 Å². The molecule has 0 spiro atoms. The first-order chi connectivity index (χ1) is 8.76. The number of nitrogens with one attached hydrogen (secondary N) is 1. The lowest BCUT2D eigenvalue weighted by Gasteiger charge is -2.12. The molecular weight excluding hydrogens is 230 g/mol. The van der Waals surface area contributed by atoms with Crippen LogP contribution in [0.15, 0.2) is 24.3 Å². The maximum absolute atomic E-state index is 5.63. The van der Waals surface area contributed by atoms with Gasteiger partial charge in [-0.25, -0.2) is 0 Å². The minimum Gasteiger partial charge on any atom is -0.491 e. The van der Waals surface area contributed by atoms with Crippen LogP contribution in [0.1, 0.15) is 12.5 Å². The molecule has 1 aromatic rings. The summed E-state index contributed by atoms with van der Waals surface area (Å²) in [6.45, 7) is 4.56. The number of hydrogen-bond donors (Lipinski definition) is 1. The zero-order valence-corrected chi connectivity index (χ0v) is 11.4. The quantitative estimate of drug-likeness (QED) is 0.682. The fourth-order valence-electron chi connectivity index (χ4n) is 1.64. The van der Waals surface area contributed by atoms with E-state index in [-0.39, 0.29) is 6.10 Å². The lowest BCUT2D eigenvalue weighted by atomic mass is 10.2. The summed E-state index contributed by atoms with van der Waals surface area (Å²) in [7, 11) is 3.60. The van der Waals surface area contributed by atoms with Crippen LogP contribution in [0, 0.1) is 0 Å². The van der Waals surface area contributed by atoms with E-state index in [0.29, 0.717) is 19.8 Å². The van der Waals surface area contributed by atoms with E-state index >= 15 is 0 Å². The van der Waals surface area contributed by atoms with Crippen LogP contribution < -0.4 is 10.1 Å². The van der Waals surface area contributed by atoms with Gasteiger partial charge in [0.2, 0.25) is 0 Å². The van der Waals surface area contributed by atoms with E-state index in [9.17, 15) is 0 Å². The van der Waals surface area contributed by atoms with Gasteiger partial charge in [-0.15, -0.1) is 0 Å². The van der Waals surface area contributed by atoms with Crippen LogP contribution in [0.3, 0.4) is 0 Å². The monoisotopic (exact) mass is 253 g/mol. The molecule has 0 aliphatic carbocycles. The van der Waals surface area contributed by atoms with Crippen molar-refractivity contribution in [1.82, 2.24) is 5.32 Å². The molecule has 0 fully saturated rings. The summed E-state index contributed by atoms with van der Waals surface area (Å²) >= 11 is 0. The Morgan fingerprint density at radius 1 is 1.28 bits per heavy atom. The summed E-state index contributed by atoms with van der Waals surface area (Å²) in [5.74, 6) is 0.880. The van der Waals surface area contributed by atoms with Gasteiger partial charge in [0.25, 0.3) is 0 Å². The Morgan fingerprint density at radius 3 is 2.83 bits per heavy atom. The highest BCUT2D eigenvalue weighted by Gasteiger charge is 2.01. The average molecular weight is 253 g/mol. The summed E-state index contributed by atoms with van der Waals surface area (Å²) in [6.07, 6.45) is 0.106. The van der Waals surface area contributed by atoms with Gasteiger partial charge in [-0.05, 0) is 31.7 Å². The first kappa shape index (κ1) is 15.0. The highest BCUT2D eigenvalue weighted by Crippen LogP contribution is 2.13. The second kappa shape index (κ2) is 8.91.